The van der Waals surface area contributed by atoms with Gasteiger partial charge >= 0.3 is 0 Å². The molecule has 1 aromatic carbocycles. The molecule has 0 radical (unpaired) electrons. The topological polar surface area (TPSA) is 74.1 Å². The van der Waals surface area contributed by atoms with Gasteiger partial charge in [0.1, 0.15) is 0 Å². The van der Waals surface area contributed by atoms with Crippen molar-refractivity contribution in [3.63, 3.8) is 0 Å². The molecule has 0 spiro atoms. The number of rotatable bonds is 5. The number of nitrogens with zero attached hydrogens (tertiary/aromatic N) is 1. The molecular formula is C22H32N4O. The molecule has 1 aromatic heterocycles. The Morgan fingerprint density at radius 2 is 1.78 bits per heavy atom. The lowest BCUT2D eigenvalue weighted by Gasteiger charge is -2.34. The van der Waals surface area contributed by atoms with Crippen molar-refractivity contribution in [2.45, 2.75) is 70.6 Å². The highest BCUT2D eigenvalue weighted by Crippen LogP contribution is 2.29. The van der Waals surface area contributed by atoms with Gasteiger partial charge in [0.2, 0.25) is 0 Å². The van der Waals surface area contributed by atoms with Crippen LogP contribution >= 0.6 is 0 Å². The van der Waals surface area contributed by atoms with Crippen molar-refractivity contribution in [1.29, 1.82) is 0 Å². The number of hydrogen-bond donors (Lipinski definition) is 3. The van der Waals surface area contributed by atoms with E-state index in [1.807, 2.05) is 6.92 Å². The molecule has 2 fully saturated rings. The Morgan fingerprint density at radius 1 is 1.11 bits per heavy atom. The summed E-state index contributed by atoms with van der Waals surface area (Å²) >= 11 is 0. The van der Waals surface area contributed by atoms with E-state index in [4.69, 9.17) is 5.73 Å². The van der Waals surface area contributed by atoms with Gasteiger partial charge in [-0.1, -0.05) is 25.0 Å². The quantitative estimate of drug-likeness (QED) is 0.709. The molecule has 0 bridgehead atoms. The van der Waals surface area contributed by atoms with Crippen LogP contribution in [-0.2, 0) is 0 Å². The van der Waals surface area contributed by atoms with Crippen molar-refractivity contribution in [1.82, 2.24) is 15.2 Å². The van der Waals surface area contributed by atoms with E-state index in [0.717, 1.165) is 35.1 Å². The Hall–Kier alpha value is -1.69. The second-order valence-corrected chi connectivity index (χ2v) is 8.40. The standard InChI is InChI=1S/C22H32N4O/c1-14-9-10-15(2)19-17(14)13-18(22(27)25-19)20(26-11-5-6-12-26)21(23)24-16-7-3-4-8-16/h9-10,13,16,20-21,24H,3-8,11-12,23H2,1-2H3,(H,25,27). The van der Waals surface area contributed by atoms with E-state index in [9.17, 15) is 4.79 Å². The molecule has 2 aliphatic rings. The first-order valence-corrected chi connectivity index (χ1v) is 10.4. The molecule has 1 aliphatic carbocycles. The molecule has 1 saturated carbocycles. The zero-order valence-corrected chi connectivity index (χ0v) is 16.6. The maximum atomic E-state index is 13.1. The van der Waals surface area contributed by atoms with Gasteiger partial charge in [-0.05, 0) is 69.8 Å². The average molecular weight is 369 g/mol. The minimum atomic E-state index is -0.227. The molecule has 1 saturated heterocycles. The van der Waals surface area contributed by atoms with E-state index in [1.165, 1.54) is 44.1 Å². The van der Waals surface area contributed by atoms with E-state index in [-0.39, 0.29) is 17.8 Å². The van der Waals surface area contributed by atoms with Crippen LogP contribution in [-0.4, -0.2) is 35.2 Å². The highest BCUT2D eigenvalue weighted by molar-refractivity contribution is 5.85. The highest BCUT2D eigenvalue weighted by Gasteiger charge is 2.32. The van der Waals surface area contributed by atoms with Crippen molar-refractivity contribution in [3.05, 3.63) is 45.2 Å². The van der Waals surface area contributed by atoms with Crippen LogP contribution in [0.1, 0.15) is 61.3 Å². The predicted molar refractivity (Wildman–Crippen MR) is 111 cm³/mol. The lowest BCUT2D eigenvalue weighted by Crippen LogP contribution is -2.52. The van der Waals surface area contributed by atoms with Gasteiger partial charge < -0.3 is 10.7 Å². The molecule has 1 aliphatic heterocycles. The van der Waals surface area contributed by atoms with Crippen molar-refractivity contribution in [2.24, 2.45) is 5.73 Å². The maximum absolute atomic E-state index is 13.1. The molecule has 2 unspecified atom stereocenters. The van der Waals surface area contributed by atoms with Crippen molar-refractivity contribution in [2.75, 3.05) is 13.1 Å². The van der Waals surface area contributed by atoms with Crippen LogP contribution in [0.15, 0.2) is 23.0 Å². The smallest absolute Gasteiger partial charge is 0.253 e. The fourth-order valence-corrected chi connectivity index (χ4v) is 4.90. The summed E-state index contributed by atoms with van der Waals surface area (Å²) in [5, 5.41) is 4.77. The summed E-state index contributed by atoms with van der Waals surface area (Å²) in [4.78, 5) is 18.6. The molecule has 4 rings (SSSR count). The zero-order chi connectivity index (χ0) is 19.0. The number of aromatic amines is 1. The molecule has 2 aromatic rings. The summed E-state index contributed by atoms with van der Waals surface area (Å²) in [6, 6.07) is 6.69. The number of nitrogens with two attached hydrogens (primary N) is 1. The summed E-state index contributed by atoms with van der Waals surface area (Å²) in [5.41, 5.74) is 10.7. The number of likely N-dealkylation sites (tertiary alicyclic amines) is 1. The van der Waals surface area contributed by atoms with Gasteiger partial charge in [-0.2, -0.15) is 0 Å². The van der Waals surface area contributed by atoms with E-state index < -0.39 is 0 Å². The van der Waals surface area contributed by atoms with Crippen LogP contribution in [0, 0.1) is 13.8 Å². The Bertz CT molecular complexity index is 862. The minimum absolute atomic E-state index is 0.00299. The second-order valence-electron chi connectivity index (χ2n) is 8.40. The second kappa shape index (κ2) is 7.74. The number of aryl methyl sites for hydroxylation is 2. The van der Waals surface area contributed by atoms with E-state index >= 15 is 0 Å². The van der Waals surface area contributed by atoms with Crippen molar-refractivity contribution in [3.8, 4) is 0 Å². The van der Waals surface area contributed by atoms with Crippen LogP contribution in [0.3, 0.4) is 0 Å². The van der Waals surface area contributed by atoms with E-state index in [2.05, 4.69) is 40.3 Å². The number of benzene rings is 1. The third-order valence-electron chi connectivity index (χ3n) is 6.45. The van der Waals surface area contributed by atoms with E-state index in [1.54, 1.807) is 0 Å². The number of H-pyrrole nitrogens is 1. The SMILES string of the molecule is Cc1ccc(C)c2[nH]c(=O)c(C(C(N)NC3CCCC3)N3CCCC3)cc12. The van der Waals surface area contributed by atoms with Gasteiger partial charge in [0.25, 0.3) is 5.56 Å². The Labute approximate surface area is 161 Å². The molecular weight excluding hydrogens is 336 g/mol. The van der Waals surface area contributed by atoms with E-state index in [0.29, 0.717) is 6.04 Å². The molecule has 2 atom stereocenters. The van der Waals surface area contributed by atoms with Crippen molar-refractivity contribution >= 4 is 10.9 Å². The number of hydrogen-bond acceptors (Lipinski definition) is 4. The molecule has 5 heteroatoms. The van der Waals surface area contributed by atoms with Gasteiger partial charge in [-0.15, -0.1) is 0 Å². The molecule has 0 amide bonds. The lowest BCUT2D eigenvalue weighted by atomic mass is 9.98. The summed E-state index contributed by atoms with van der Waals surface area (Å²) in [6.07, 6.45) is 7.04. The van der Waals surface area contributed by atoms with Gasteiger partial charge in [-0.25, -0.2) is 0 Å². The monoisotopic (exact) mass is 368 g/mol. The first-order valence-electron chi connectivity index (χ1n) is 10.4. The molecule has 146 valence electrons. The van der Waals surface area contributed by atoms with Gasteiger partial charge in [0.05, 0.1) is 17.7 Å². The third kappa shape index (κ3) is 3.68. The fourth-order valence-electron chi connectivity index (χ4n) is 4.90. The van der Waals surface area contributed by atoms with Crippen molar-refractivity contribution < 1.29 is 0 Å². The van der Waals surface area contributed by atoms with Gasteiger partial charge in [0.15, 0.2) is 0 Å². The summed E-state index contributed by atoms with van der Waals surface area (Å²) < 4.78 is 0. The largest absolute Gasteiger partial charge is 0.321 e. The molecule has 5 nitrogen and oxygen atoms in total. The summed E-state index contributed by atoms with van der Waals surface area (Å²) in [6.45, 7) is 6.16. The summed E-state index contributed by atoms with van der Waals surface area (Å²) in [5.74, 6) is 0. The predicted octanol–water partition coefficient (Wildman–Crippen LogP) is 3.10. The Balaban J connectivity index is 1.75. The molecule has 2 heterocycles. The maximum Gasteiger partial charge on any atom is 0.253 e. The number of fused-ring (bicyclic) bond motifs is 1. The summed E-state index contributed by atoms with van der Waals surface area (Å²) in [7, 11) is 0. The zero-order valence-electron chi connectivity index (χ0n) is 16.6. The van der Waals surface area contributed by atoms with Crippen LogP contribution in [0.4, 0.5) is 0 Å². The van der Waals surface area contributed by atoms with Gasteiger partial charge in [-0.3, -0.25) is 15.0 Å². The molecule has 27 heavy (non-hydrogen) atoms. The van der Waals surface area contributed by atoms with Gasteiger partial charge in [0, 0.05) is 17.0 Å². The third-order valence-corrected chi connectivity index (χ3v) is 6.45. The molecule has 4 N–H and O–H groups in total. The Kier molecular flexibility index (Phi) is 5.35. The first kappa shape index (κ1) is 18.7. The average Bonchev–Trinajstić information content (AvgIpc) is 3.34. The highest BCUT2D eigenvalue weighted by atomic mass is 16.1. The fraction of sp³-hybridized carbons (Fsp3) is 0.591. The lowest BCUT2D eigenvalue weighted by molar-refractivity contribution is 0.184. The van der Waals surface area contributed by atoms with Crippen LogP contribution in [0.5, 0.6) is 0 Å². The number of pyridine rings is 1. The number of nitrogens with one attached hydrogen (secondary N) is 2. The minimum Gasteiger partial charge on any atom is -0.321 e. The van der Waals surface area contributed by atoms with Crippen LogP contribution in [0.25, 0.3) is 10.9 Å². The van der Waals surface area contributed by atoms with Crippen LogP contribution < -0.4 is 16.6 Å². The first-order chi connectivity index (χ1) is 13.0. The normalized spacial score (nSPS) is 21.1. The van der Waals surface area contributed by atoms with Crippen LogP contribution in [0.2, 0.25) is 0 Å². The Morgan fingerprint density at radius 3 is 2.48 bits per heavy atom. The number of aromatic nitrogens is 1.